The van der Waals surface area contributed by atoms with Gasteiger partial charge < -0.3 is 14.6 Å². The number of para-hydroxylation sites is 1. The number of hydrogen-bond donors (Lipinski definition) is 1. The molecule has 4 nitrogen and oxygen atoms in total. The highest BCUT2D eigenvalue weighted by molar-refractivity contribution is 5.99. The third-order valence-electron chi connectivity index (χ3n) is 6.14. The lowest BCUT2D eigenvalue weighted by Crippen LogP contribution is -2.64. The van der Waals surface area contributed by atoms with E-state index in [0.29, 0.717) is 23.6 Å². The first-order chi connectivity index (χ1) is 11.2. The molecule has 4 bridgehead atoms. The second kappa shape index (κ2) is 4.84. The number of carbonyl (C=O) groups is 1. The molecule has 0 radical (unpaired) electrons. The Labute approximate surface area is 135 Å². The van der Waals surface area contributed by atoms with E-state index in [4.69, 9.17) is 4.42 Å². The third-order valence-corrected chi connectivity index (χ3v) is 6.14. The largest absolute Gasteiger partial charge is 0.451 e. The van der Waals surface area contributed by atoms with Crippen LogP contribution in [0.25, 0.3) is 11.0 Å². The van der Waals surface area contributed by atoms with Crippen LogP contribution in [0.15, 0.2) is 28.7 Å². The summed E-state index contributed by atoms with van der Waals surface area (Å²) >= 11 is 0. The van der Waals surface area contributed by atoms with Crippen LogP contribution in [0.5, 0.6) is 0 Å². The van der Waals surface area contributed by atoms with Gasteiger partial charge in [0.15, 0.2) is 5.76 Å². The van der Waals surface area contributed by atoms with Crippen LogP contribution in [0.2, 0.25) is 0 Å². The summed E-state index contributed by atoms with van der Waals surface area (Å²) in [6.45, 7) is 5.55. The van der Waals surface area contributed by atoms with Gasteiger partial charge in [0.05, 0.1) is 0 Å². The molecule has 4 heteroatoms. The summed E-state index contributed by atoms with van der Waals surface area (Å²) in [4.78, 5) is 15.4. The van der Waals surface area contributed by atoms with Crippen molar-refractivity contribution < 1.29 is 9.21 Å². The monoisotopic (exact) mass is 310 g/mol. The van der Waals surface area contributed by atoms with Crippen molar-refractivity contribution in [2.24, 2.45) is 17.8 Å². The molecule has 23 heavy (non-hydrogen) atoms. The summed E-state index contributed by atoms with van der Waals surface area (Å²) in [5.74, 6) is 2.55. The molecule has 3 saturated heterocycles. The molecule has 1 saturated carbocycles. The number of nitrogens with one attached hydrogen (secondary N) is 1. The molecule has 1 N–H and O–H groups in total. The molecule has 0 spiro atoms. The van der Waals surface area contributed by atoms with Gasteiger partial charge in [-0.15, -0.1) is 0 Å². The molecule has 6 rings (SSSR count). The van der Waals surface area contributed by atoms with Gasteiger partial charge in [0.2, 0.25) is 0 Å². The first-order valence-corrected chi connectivity index (χ1v) is 8.70. The summed E-state index contributed by atoms with van der Waals surface area (Å²) in [5, 5.41) is 4.36. The van der Waals surface area contributed by atoms with Gasteiger partial charge in [-0.2, -0.15) is 0 Å². The number of nitrogens with zero attached hydrogens (tertiary/aromatic N) is 1. The Balaban J connectivity index is 1.41. The maximum absolute atomic E-state index is 12.8. The van der Waals surface area contributed by atoms with Crippen molar-refractivity contribution in [1.29, 1.82) is 0 Å². The minimum atomic E-state index is -0.0360. The fourth-order valence-electron chi connectivity index (χ4n) is 5.25. The molecule has 1 aliphatic carbocycles. The summed E-state index contributed by atoms with van der Waals surface area (Å²) in [7, 11) is 0. The van der Waals surface area contributed by atoms with Crippen LogP contribution in [0.3, 0.4) is 0 Å². The Morgan fingerprint density at radius 2 is 1.91 bits per heavy atom. The topological polar surface area (TPSA) is 45.5 Å². The van der Waals surface area contributed by atoms with Gasteiger partial charge in [-0.05, 0) is 43.6 Å². The van der Waals surface area contributed by atoms with Crippen molar-refractivity contribution in [3.8, 4) is 0 Å². The van der Waals surface area contributed by atoms with Crippen molar-refractivity contribution in [3.05, 3.63) is 35.6 Å². The van der Waals surface area contributed by atoms with E-state index < -0.39 is 0 Å². The average molecular weight is 310 g/mol. The fraction of sp³-hybridized carbons (Fsp3) is 0.526. The molecule has 4 fully saturated rings. The lowest BCUT2D eigenvalue weighted by molar-refractivity contribution is -0.0420. The summed E-state index contributed by atoms with van der Waals surface area (Å²) in [6, 6.07) is 8.19. The molecule has 3 aliphatic heterocycles. The molecule has 2 atom stereocenters. The normalized spacial score (nSPS) is 34.9. The standard InChI is InChI=1S/C19H22N2O2/c1-11-15-4-2-3-5-16(15)23-18(11)19(22)20-17-13-6-12-7-14(17)10-21(8-12)9-13/h2-5,12-14,17H,6-10H2,1H3,(H,20,22). The Hall–Kier alpha value is -1.81. The van der Waals surface area contributed by atoms with Gasteiger partial charge in [-0.3, -0.25) is 4.79 Å². The van der Waals surface area contributed by atoms with E-state index >= 15 is 0 Å². The molecule has 2 aromatic rings. The molecule has 1 aromatic carbocycles. The highest BCUT2D eigenvalue weighted by Gasteiger charge is 2.48. The number of aryl methyl sites for hydroxylation is 1. The van der Waals surface area contributed by atoms with Crippen LogP contribution < -0.4 is 5.32 Å². The van der Waals surface area contributed by atoms with E-state index in [9.17, 15) is 4.79 Å². The Kier molecular flexibility index (Phi) is 2.87. The van der Waals surface area contributed by atoms with Crippen LogP contribution in [-0.4, -0.2) is 36.5 Å². The summed E-state index contributed by atoms with van der Waals surface area (Å²) in [5.41, 5.74) is 1.75. The van der Waals surface area contributed by atoms with Gasteiger partial charge in [0.1, 0.15) is 5.58 Å². The number of furan rings is 1. The van der Waals surface area contributed by atoms with Crippen molar-refractivity contribution in [1.82, 2.24) is 10.2 Å². The molecule has 4 heterocycles. The van der Waals surface area contributed by atoms with Gasteiger partial charge in [0.25, 0.3) is 5.91 Å². The average Bonchev–Trinajstić information content (AvgIpc) is 2.88. The molecular weight excluding hydrogens is 288 g/mol. The number of piperidine rings is 3. The lowest BCUT2D eigenvalue weighted by atomic mass is 9.65. The van der Waals surface area contributed by atoms with E-state index in [1.54, 1.807) is 0 Å². The molecule has 120 valence electrons. The Morgan fingerprint density at radius 3 is 2.61 bits per heavy atom. The summed E-state index contributed by atoms with van der Waals surface area (Å²) < 4.78 is 5.83. The van der Waals surface area contributed by atoms with Crippen LogP contribution in [-0.2, 0) is 0 Å². The predicted octanol–water partition coefficient (Wildman–Crippen LogP) is 2.81. The molecule has 1 amide bonds. The van der Waals surface area contributed by atoms with Crippen LogP contribution in [0.1, 0.15) is 29.0 Å². The van der Waals surface area contributed by atoms with Crippen molar-refractivity contribution >= 4 is 16.9 Å². The van der Waals surface area contributed by atoms with Crippen molar-refractivity contribution in [3.63, 3.8) is 0 Å². The molecular formula is C19H22N2O2. The number of benzene rings is 1. The van der Waals surface area contributed by atoms with E-state index in [1.807, 2.05) is 31.2 Å². The summed E-state index contributed by atoms with van der Waals surface area (Å²) in [6.07, 6.45) is 2.55. The first-order valence-electron chi connectivity index (χ1n) is 8.70. The smallest absolute Gasteiger partial charge is 0.287 e. The zero-order valence-corrected chi connectivity index (χ0v) is 13.4. The van der Waals surface area contributed by atoms with E-state index in [-0.39, 0.29) is 5.91 Å². The molecule has 1 aromatic heterocycles. The van der Waals surface area contributed by atoms with E-state index in [2.05, 4.69) is 10.2 Å². The maximum atomic E-state index is 12.8. The van der Waals surface area contributed by atoms with Crippen molar-refractivity contribution in [2.75, 3.05) is 19.6 Å². The highest BCUT2D eigenvalue weighted by atomic mass is 16.3. The van der Waals surface area contributed by atoms with E-state index in [1.165, 1.54) is 19.4 Å². The number of fused-ring (bicyclic) bond motifs is 1. The van der Waals surface area contributed by atoms with Gasteiger partial charge >= 0.3 is 0 Å². The predicted molar refractivity (Wildman–Crippen MR) is 88.3 cm³/mol. The zero-order valence-electron chi connectivity index (χ0n) is 13.4. The van der Waals surface area contributed by atoms with Gasteiger partial charge in [-0.1, -0.05) is 18.2 Å². The minimum absolute atomic E-state index is 0.0360. The quantitative estimate of drug-likeness (QED) is 0.928. The van der Waals surface area contributed by atoms with Crippen LogP contribution >= 0.6 is 0 Å². The Morgan fingerprint density at radius 1 is 1.17 bits per heavy atom. The second-order valence-electron chi connectivity index (χ2n) is 7.63. The number of amides is 1. The Bertz CT molecular complexity index is 751. The minimum Gasteiger partial charge on any atom is -0.451 e. The van der Waals surface area contributed by atoms with Gasteiger partial charge in [0, 0.05) is 36.6 Å². The van der Waals surface area contributed by atoms with Crippen LogP contribution in [0, 0.1) is 24.7 Å². The number of carbonyl (C=O) groups excluding carboxylic acids is 1. The molecule has 4 aliphatic rings. The van der Waals surface area contributed by atoms with Gasteiger partial charge in [-0.25, -0.2) is 0 Å². The zero-order chi connectivity index (χ0) is 15.6. The fourth-order valence-corrected chi connectivity index (χ4v) is 5.25. The molecule has 2 unspecified atom stereocenters. The maximum Gasteiger partial charge on any atom is 0.287 e. The SMILES string of the molecule is Cc1c(C(=O)NC2C3CC4CC2CN(C4)C3)oc2ccccc12. The van der Waals surface area contributed by atoms with Crippen LogP contribution in [0.4, 0.5) is 0 Å². The number of hydrogen-bond acceptors (Lipinski definition) is 3. The lowest BCUT2D eigenvalue weighted by Gasteiger charge is -2.55. The number of rotatable bonds is 2. The third kappa shape index (κ3) is 2.04. The second-order valence-corrected chi connectivity index (χ2v) is 7.63. The van der Waals surface area contributed by atoms with Crippen molar-refractivity contribution in [2.45, 2.75) is 25.8 Å². The highest BCUT2D eigenvalue weighted by Crippen LogP contribution is 2.43. The van der Waals surface area contributed by atoms with E-state index in [0.717, 1.165) is 35.5 Å². The first kappa shape index (κ1) is 13.6.